The Morgan fingerprint density at radius 2 is 2.00 bits per heavy atom. The zero-order valence-corrected chi connectivity index (χ0v) is 10.4. The first-order valence-corrected chi connectivity index (χ1v) is 6.32. The average molecular weight is 239 g/mol. The number of primary amides is 1. The Morgan fingerprint density at radius 1 is 1.35 bits per heavy atom. The summed E-state index contributed by atoms with van der Waals surface area (Å²) in [5.41, 5.74) is 5.03. The van der Waals surface area contributed by atoms with Crippen LogP contribution in [-0.2, 0) is 9.59 Å². The number of piperidine rings is 1. The molecular weight excluding hydrogens is 218 g/mol. The topological polar surface area (TPSA) is 75.4 Å². The molecule has 2 fully saturated rings. The van der Waals surface area contributed by atoms with Crippen molar-refractivity contribution in [3.05, 3.63) is 0 Å². The molecule has 0 spiro atoms. The molecule has 0 aromatic rings. The Kier molecular flexibility index (Phi) is 3.38. The van der Waals surface area contributed by atoms with Gasteiger partial charge in [0.25, 0.3) is 0 Å². The molecule has 5 heteroatoms. The number of rotatable bonds is 2. The summed E-state index contributed by atoms with van der Waals surface area (Å²) in [6, 6.07) is 0. The molecule has 2 rings (SSSR count). The summed E-state index contributed by atoms with van der Waals surface area (Å²) in [6.07, 6.45) is 2.47. The second-order valence-electron chi connectivity index (χ2n) is 5.45. The van der Waals surface area contributed by atoms with E-state index in [2.05, 4.69) is 5.32 Å². The van der Waals surface area contributed by atoms with E-state index in [1.807, 2.05) is 11.8 Å². The van der Waals surface area contributed by atoms with Crippen LogP contribution < -0.4 is 11.1 Å². The van der Waals surface area contributed by atoms with Crippen molar-refractivity contribution in [1.29, 1.82) is 0 Å². The lowest BCUT2D eigenvalue weighted by atomic mass is 9.79. The lowest BCUT2D eigenvalue weighted by Crippen LogP contribution is -2.47. The van der Waals surface area contributed by atoms with Gasteiger partial charge in [-0.2, -0.15) is 0 Å². The predicted octanol–water partition coefficient (Wildman–Crippen LogP) is -0.290. The highest BCUT2D eigenvalue weighted by atomic mass is 16.2. The van der Waals surface area contributed by atoms with Gasteiger partial charge in [-0.05, 0) is 32.4 Å². The third-order valence-electron chi connectivity index (χ3n) is 4.10. The minimum Gasteiger partial charge on any atom is -0.369 e. The third-order valence-corrected chi connectivity index (χ3v) is 4.10. The third kappa shape index (κ3) is 2.44. The second kappa shape index (κ2) is 4.64. The van der Waals surface area contributed by atoms with Gasteiger partial charge in [0.2, 0.25) is 11.8 Å². The van der Waals surface area contributed by atoms with E-state index in [1.165, 1.54) is 0 Å². The lowest BCUT2D eigenvalue weighted by Gasteiger charge is -2.36. The van der Waals surface area contributed by atoms with E-state index in [0.29, 0.717) is 13.1 Å². The molecule has 2 aliphatic rings. The van der Waals surface area contributed by atoms with Gasteiger partial charge in [0.05, 0.1) is 5.92 Å². The zero-order chi connectivity index (χ0) is 12.5. The number of carbonyl (C=O) groups excluding carboxylic acids is 2. The molecule has 0 aromatic carbocycles. The summed E-state index contributed by atoms with van der Waals surface area (Å²) in [5.74, 6) is -0.234. The van der Waals surface area contributed by atoms with Crippen molar-refractivity contribution in [3.8, 4) is 0 Å². The van der Waals surface area contributed by atoms with E-state index in [4.69, 9.17) is 5.73 Å². The monoisotopic (exact) mass is 239 g/mol. The normalized spacial score (nSPS) is 28.1. The fraction of sp³-hybridized carbons (Fsp3) is 0.833. The molecule has 3 N–H and O–H groups in total. The number of nitrogens with zero attached hydrogens (tertiary/aromatic N) is 1. The summed E-state index contributed by atoms with van der Waals surface area (Å²) in [5, 5.41) is 3.27. The Labute approximate surface area is 102 Å². The maximum atomic E-state index is 12.4. The van der Waals surface area contributed by atoms with Gasteiger partial charge in [-0.15, -0.1) is 0 Å². The minimum atomic E-state index is -0.282. The summed E-state index contributed by atoms with van der Waals surface area (Å²) < 4.78 is 0. The molecule has 0 aliphatic carbocycles. The minimum absolute atomic E-state index is 0.149. The van der Waals surface area contributed by atoms with Crippen LogP contribution in [0.15, 0.2) is 0 Å². The number of nitrogens with two attached hydrogens (primary N) is 1. The van der Waals surface area contributed by atoms with Gasteiger partial charge in [-0.25, -0.2) is 0 Å². The van der Waals surface area contributed by atoms with Crippen LogP contribution in [0.4, 0.5) is 0 Å². The van der Waals surface area contributed by atoms with Crippen LogP contribution in [0.25, 0.3) is 0 Å². The number of nitrogens with one attached hydrogen (secondary N) is 1. The maximum Gasteiger partial charge on any atom is 0.228 e. The first kappa shape index (κ1) is 12.4. The summed E-state index contributed by atoms with van der Waals surface area (Å²) in [4.78, 5) is 25.4. The van der Waals surface area contributed by atoms with Crippen molar-refractivity contribution < 1.29 is 9.59 Å². The molecule has 2 amide bonds. The standard InChI is InChI=1S/C12H21N3O2/c1-12(3-5-14-6-4-12)11(17)15-7-2-9(8-15)10(13)16/h9,14H,2-8H2,1H3,(H2,13,16). The molecule has 17 heavy (non-hydrogen) atoms. The number of hydrogen-bond donors (Lipinski definition) is 2. The molecule has 0 radical (unpaired) electrons. The van der Waals surface area contributed by atoms with E-state index < -0.39 is 0 Å². The van der Waals surface area contributed by atoms with Crippen LogP contribution in [0, 0.1) is 11.3 Å². The Morgan fingerprint density at radius 3 is 2.53 bits per heavy atom. The number of amides is 2. The van der Waals surface area contributed by atoms with Crippen LogP contribution in [0.3, 0.4) is 0 Å². The van der Waals surface area contributed by atoms with Gasteiger partial charge in [0.15, 0.2) is 0 Å². The molecule has 96 valence electrons. The number of hydrogen-bond acceptors (Lipinski definition) is 3. The second-order valence-corrected chi connectivity index (χ2v) is 5.45. The van der Waals surface area contributed by atoms with Gasteiger partial charge >= 0.3 is 0 Å². The number of likely N-dealkylation sites (tertiary alicyclic amines) is 1. The largest absolute Gasteiger partial charge is 0.369 e. The van der Waals surface area contributed by atoms with E-state index in [1.54, 1.807) is 0 Å². The van der Waals surface area contributed by atoms with Crippen molar-refractivity contribution in [3.63, 3.8) is 0 Å². The molecular formula is C12H21N3O2. The van der Waals surface area contributed by atoms with E-state index in [0.717, 1.165) is 32.4 Å². The molecule has 0 aromatic heterocycles. The highest BCUT2D eigenvalue weighted by molar-refractivity contribution is 5.84. The van der Waals surface area contributed by atoms with Crippen molar-refractivity contribution >= 4 is 11.8 Å². The maximum absolute atomic E-state index is 12.4. The van der Waals surface area contributed by atoms with E-state index in [-0.39, 0.29) is 23.1 Å². The van der Waals surface area contributed by atoms with Gasteiger partial charge in [0.1, 0.15) is 0 Å². The van der Waals surface area contributed by atoms with Crippen LogP contribution in [0.2, 0.25) is 0 Å². The molecule has 0 saturated carbocycles. The molecule has 2 saturated heterocycles. The molecule has 2 heterocycles. The first-order chi connectivity index (χ1) is 8.03. The van der Waals surface area contributed by atoms with Gasteiger partial charge < -0.3 is 16.0 Å². The molecule has 1 atom stereocenters. The van der Waals surface area contributed by atoms with Crippen molar-refractivity contribution in [2.45, 2.75) is 26.2 Å². The van der Waals surface area contributed by atoms with Crippen LogP contribution in [0.5, 0.6) is 0 Å². The molecule has 1 unspecified atom stereocenters. The quantitative estimate of drug-likeness (QED) is 0.695. The summed E-state index contributed by atoms with van der Waals surface area (Å²) >= 11 is 0. The highest BCUT2D eigenvalue weighted by Crippen LogP contribution is 2.32. The summed E-state index contributed by atoms with van der Waals surface area (Å²) in [7, 11) is 0. The predicted molar refractivity (Wildman–Crippen MR) is 64.1 cm³/mol. The molecule has 2 aliphatic heterocycles. The number of carbonyl (C=O) groups is 2. The van der Waals surface area contributed by atoms with Gasteiger partial charge in [-0.3, -0.25) is 9.59 Å². The van der Waals surface area contributed by atoms with E-state index >= 15 is 0 Å². The lowest BCUT2D eigenvalue weighted by molar-refractivity contribution is -0.141. The first-order valence-electron chi connectivity index (χ1n) is 6.32. The molecule has 5 nitrogen and oxygen atoms in total. The molecule has 0 bridgehead atoms. The van der Waals surface area contributed by atoms with Crippen molar-refractivity contribution in [1.82, 2.24) is 10.2 Å². The van der Waals surface area contributed by atoms with Crippen LogP contribution >= 0.6 is 0 Å². The average Bonchev–Trinajstić information content (AvgIpc) is 2.78. The van der Waals surface area contributed by atoms with Crippen molar-refractivity contribution in [2.75, 3.05) is 26.2 Å². The van der Waals surface area contributed by atoms with Crippen LogP contribution in [0.1, 0.15) is 26.2 Å². The Balaban J connectivity index is 1.98. The smallest absolute Gasteiger partial charge is 0.228 e. The van der Waals surface area contributed by atoms with Gasteiger partial charge in [-0.1, -0.05) is 6.92 Å². The van der Waals surface area contributed by atoms with Crippen LogP contribution in [-0.4, -0.2) is 42.9 Å². The zero-order valence-electron chi connectivity index (χ0n) is 10.4. The Hall–Kier alpha value is -1.10. The summed E-state index contributed by atoms with van der Waals surface area (Å²) in [6.45, 7) is 5.02. The fourth-order valence-corrected chi connectivity index (χ4v) is 2.75. The van der Waals surface area contributed by atoms with E-state index in [9.17, 15) is 9.59 Å². The van der Waals surface area contributed by atoms with Crippen molar-refractivity contribution in [2.24, 2.45) is 17.1 Å². The highest BCUT2D eigenvalue weighted by Gasteiger charge is 2.40. The Bertz CT molecular complexity index is 324. The van der Waals surface area contributed by atoms with Gasteiger partial charge in [0, 0.05) is 18.5 Å². The SMILES string of the molecule is CC1(C(=O)N2CCC(C(N)=O)C2)CCNCC1. The fourth-order valence-electron chi connectivity index (χ4n) is 2.75.